The third kappa shape index (κ3) is 3.48. The molecule has 1 aliphatic rings. The molecule has 5 heteroatoms. The molecule has 1 rings (SSSR count). The summed E-state index contributed by atoms with van der Waals surface area (Å²) in [6, 6.07) is 0. The number of carbonyl (C=O) groups is 2. The Hall–Kier alpha value is -1.10. The topological polar surface area (TPSA) is 86.6 Å². The molecule has 16 heavy (non-hydrogen) atoms. The Kier molecular flexibility index (Phi) is 3.91. The molecule has 0 saturated heterocycles. The Morgan fingerprint density at radius 1 is 1.31 bits per heavy atom. The standard InChI is InChI=1S/C11H19NO4/c1-11(2,16)6-12-9(13)7-4-3-5-8(7)10(14)15/h7-8,16H,3-6H2,1-2H3,(H,12,13)(H,14,15)/t7-,8+/m1/s1. The molecule has 0 unspecified atom stereocenters. The van der Waals surface area contributed by atoms with Gasteiger partial charge in [0.1, 0.15) is 0 Å². The number of rotatable bonds is 4. The highest BCUT2D eigenvalue weighted by atomic mass is 16.4. The van der Waals surface area contributed by atoms with Crippen LogP contribution in [-0.4, -0.2) is 34.2 Å². The first-order chi connectivity index (χ1) is 7.31. The van der Waals surface area contributed by atoms with Crippen LogP contribution in [0.5, 0.6) is 0 Å². The summed E-state index contributed by atoms with van der Waals surface area (Å²) >= 11 is 0. The highest BCUT2D eigenvalue weighted by Crippen LogP contribution is 2.32. The zero-order valence-electron chi connectivity index (χ0n) is 9.69. The normalized spacial score (nSPS) is 25.4. The van der Waals surface area contributed by atoms with Crippen LogP contribution in [0.2, 0.25) is 0 Å². The lowest BCUT2D eigenvalue weighted by molar-refractivity contribution is -0.146. The Labute approximate surface area is 94.8 Å². The summed E-state index contributed by atoms with van der Waals surface area (Å²) in [5.41, 5.74) is -0.965. The summed E-state index contributed by atoms with van der Waals surface area (Å²) in [6.45, 7) is 3.34. The number of carbonyl (C=O) groups excluding carboxylic acids is 1. The predicted octanol–water partition coefficient (Wildman–Crippen LogP) is 0.374. The van der Waals surface area contributed by atoms with E-state index in [1.807, 2.05) is 0 Å². The Bertz CT molecular complexity index is 282. The summed E-state index contributed by atoms with van der Waals surface area (Å²) in [6.07, 6.45) is 1.96. The van der Waals surface area contributed by atoms with Crippen molar-refractivity contribution in [1.82, 2.24) is 5.32 Å². The Morgan fingerprint density at radius 3 is 2.38 bits per heavy atom. The molecule has 0 heterocycles. The van der Waals surface area contributed by atoms with Crippen molar-refractivity contribution in [3.63, 3.8) is 0 Å². The smallest absolute Gasteiger partial charge is 0.307 e. The van der Waals surface area contributed by atoms with Gasteiger partial charge in [-0.25, -0.2) is 0 Å². The molecule has 92 valence electrons. The number of hydrogen-bond acceptors (Lipinski definition) is 3. The minimum Gasteiger partial charge on any atom is -0.481 e. The first-order valence-electron chi connectivity index (χ1n) is 5.54. The molecule has 5 nitrogen and oxygen atoms in total. The van der Waals surface area contributed by atoms with Crippen molar-refractivity contribution in [3.8, 4) is 0 Å². The first kappa shape index (κ1) is 13.0. The van der Waals surface area contributed by atoms with Gasteiger partial charge in [0.15, 0.2) is 0 Å². The van der Waals surface area contributed by atoms with Crippen LogP contribution in [0.3, 0.4) is 0 Å². The number of amides is 1. The van der Waals surface area contributed by atoms with Gasteiger partial charge in [-0.1, -0.05) is 6.42 Å². The van der Waals surface area contributed by atoms with Gasteiger partial charge >= 0.3 is 5.97 Å². The molecular formula is C11H19NO4. The molecule has 1 fully saturated rings. The number of carboxylic acid groups (broad SMARTS) is 1. The fraction of sp³-hybridized carbons (Fsp3) is 0.818. The third-order valence-electron chi connectivity index (χ3n) is 2.87. The summed E-state index contributed by atoms with van der Waals surface area (Å²) in [5.74, 6) is -2.17. The van der Waals surface area contributed by atoms with E-state index in [0.717, 1.165) is 6.42 Å². The Morgan fingerprint density at radius 2 is 1.88 bits per heavy atom. The highest BCUT2D eigenvalue weighted by molar-refractivity contribution is 5.85. The van der Waals surface area contributed by atoms with Crippen LogP contribution in [0.15, 0.2) is 0 Å². The zero-order chi connectivity index (χ0) is 12.3. The van der Waals surface area contributed by atoms with Crippen molar-refractivity contribution in [3.05, 3.63) is 0 Å². The van der Waals surface area contributed by atoms with E-state index in [-0.39, 0.29) is 12.5 Å². The van der Waals surface area contributed by atoms with Gasteiger partial charge in [-0.15, -0.1) is 0 Å². The predicted molar refractivity (Wildman–Crippen MR) is 57.8 cm³/mol. The van der Waals surface area contributed by atoms with Crippen molar-refractivity contribution in [1.29, 1.82) is 0 Å². The lowest BCUT2D eigenvalue weighted by Crippen LogP contribution is -2.42. The van der Waals surface area contributed by atoms with E-state index in [0.29, 0.717) is 12.8 Å². The van der Waals surface area contributed by atoms with Gasteiger partial charge in [-0.2, -0.15) is 0 Å². The molecule has 0 radical (unpaired) electrons. The van der Waals surface area contributed by atoms with Crippen LogP contribution >= 0.6 is 0 Å². The van der Waals surface area contributed by atoms with E-state index in [1.54, 1.807) is 13.8 Å². The van der Waals surface area contributed by atoms with Crippen molar-refractivity contribution < 1.29 is 19.8 Å². The minimum absolute atomic E-state index is 0.147. The SMILES string of the molecule is CC(C)(O)CNC(=O)[C@@H]1CCC[C@@H]1C(=O)O. The molecule has 0 bridgehead atoms. The summed E-state index contributed by atoms with van der Waals surface area (Å²) < 4.78 is 0. The number of nitrogens with one attached hydrogen (secondary N) is 1. The maximum atomic E-state index is 11.7. The van der Waals surface area contributed by atoms with E-state index in [9.17, 15) is 14.7 Å². The number of aliphatic hydroxyl groups is 1. The van der Waals surface area contributed by atoms with Crippen molar-refractivity contribution in [2.75, 3.05) is 6.54 Å². The first-order valence-corrected chi connectivity index (χ1v) is 5.54. The molecule has 2 atom stereocenters. The van der Waals surface area contributed by atoms with Gasteiger partial charge in [-0.05, 0) is 26.7 Å². The van der Waals surface area contributed by atoms with Crippen molar-refractivity contribution >= 4 is 11.9 Å². The van der Waals surface area contributed by atoms with Gasteiger partial charge in [0.05, 0.1) is 17.4 Å². The number of hydrogen-bond donors (Lipinski definition) is 3. The molecule has 0 aromatic heterocycles. The fourth-order valence-corrected chi connectivity index (χ4v) is 2.00. The van der Waals surface area contributed by atoms with Gasteiger partial charge in [0.25, 0.3) is 0 Å². The molecule has 0 aliphatic heterocycles. The average Bonchev–Trinajstić information content (AvgIpc) is 2.61. The van der Waals surface area contributed by atoms with E-state index in [1.165, 1.54) is 0 Å². The van der Waals surface area contributed by atoms with E-state index in [4.69, 9.17) is 5.11 Å². The molecule has 3 N–H and O–H groups in total. The molecule has 1 aliphatic carbocycles. The molecule has 1 saturated carbocycles. The number of aliphatic carboxylic acids is 1. The van der Waals surface area contributed by atoms with Crippen LogP contribution in [0.1, 0.15) is 33.1 Å². The lowest BCUT2D eigenvalue weighted by atomic mass is 9.95. The summed E-state index contributed by atoms with van der Waals surface area (Å²) in [4.78, 5) is 22.6. The quantitative estimate of drug-likeness (QED) is 0.650. The van der Waals surface area contributed by atoms with Crippen LogP contribution in [-0.2, 0) is 9.59 Å². The summed E-state index contributed by atoms with van der Waals surface area (Å²) in [5, 5.41) is 21.0. The monoisotopic (exact) mass is 229 g/mol. The summed E-state index contributed by atoms with van der Waals surface area (Å²) in [7, 11) is 0. The lowest BCUT2D eigenvalue weighted by Gasteiger charge is -2.21. The van der Waals surface area contributed by atoms with Crippen molar-refractivity contribution in [2.24, 2.45) is 11.8 Å². The average molecular weight is 229 g/mol. The van der Waals surface area contributed by atoms with Crippen molar-refractivity contribution in [2.45, 2.75) is 38.7 Å². The fourth-order valence-electron chi connectivity index (χ4n) is 2.00. The van der Waals surface area contributed by atoms with E-state index in [2.05, 4.69) is 5.32 Å². The molecule has 0 spiro atoms. The zero-order valence-corrected chi connectivity index (χ0v) is 9.69. The molecule has 0 aromatic carbocycles. The minimum atomic E-state index is -0.965. The third-order valence-corrected chi connectivity index (χ3v) is 2.87. The van der Waals surface area contributed by atoms with Crippen LogP contribution in [0.25, 0.3) is 0 Å². The van der Waals surface area contributed by atoms with Gasteiger partial charge in [-0.3, -0.25) is 9.59 Å². The van der Waals surface area contributed by atoms with Crippen LogP contribution < -0.4 is 5.32 Å². The van der Waals surface area contributed by atoms with Gasteiger partial charge in [0.2, 0.25) is 5.91 Å². The van der Waals surface area contributed by atoms with Gasteiger partial charge < -0.3 is 15.5 Å². The number of carboxylic acids is 1. The Balaban J connectivity index is 2.50. The molecule has 0 aromatic rings. The maximum Gasteiger partial charge on any atom is 0.307 e. The van der Waals surface area contributed by atoms with Crippen LogP contribution in [0, 0.1) is 11.8 Å². The van der Waals surface area contributed by atoms with E-state index < -0.39 is 23.4 Å². The highest BCUT2D eigenvalue weighted by Gasteiger charge is 2.37. The largest absolute Gasteiger partial charge is 0.481 e. The second-order valence-electron chi connectivity index (χ2n) is 5.01. The maximum absolute atomic E-state index is 11.7. The second kappa shape index (κ2) is 4.82. The van der Waals surface area contributed by atoms with E-state index >= 15 is 0 Å². The van der Waals surface area contributed by atoms with Gasteiger partial charge in [0, 0.05) is 6.54 Å². The molecule has 1 amide bonds. The molecular weight excluding hydrogens is 210 g/mol. The van der Waals surface area contributed by atoms with Crippen LogP contribution in [0.4, 0.5) is 0 Å². The second-order valence-corrected chi connectivity index (χ2v) is 5.01.